The van der Waals surface area contributed by atoms with Crippen LogP contribution >= 0.6 is 11.6 Å². The van der Waals surface area contributed by atoms with Crippen molar-refractivity contribution in [3.63, 3.8) is 0 Å². The molecule has 0 aliphatic carbocycles. The zero-order valence-electron chi connectivity index (χ0n) is 9.75. The molecule has 0 amide bonds. The van der Waals surface area contributed by atoms with Crippen LogP contribution in [0.4, 0.5) is 8.78 Å². The summed E-state index contributed by atoms with van der Waals surface area (Å²) in [5, 5.41) is 0.639. The largest absolute Gasteiger partial charge is 0.342 e. The molecule has 3 rings (SSSR count). The van der Waals surface area contributed by atoms with E-state index in [4.69, 9.17) is 11.6 Å². The van der Waals surface area contributed by atoms with Crippen molar-refractivity contribution in [3.8, 4) is 0 Å². The molecule has 0 unspecified atom stereocenters. The van der Waals surface area contributed by atoms with Gasteiger partial charge in [0.2, 0.25) is 0 Å². The second-order valence-electron chi connectivity index (χ2n) is 4.24. The fourth-order valence-electron chi connectivity index (χ4n) is 1.96. The van der Waals surface area contributed by atoms with Crippen molar-refractivity contribution in [2.75, 3.05) is 0 Å². The van der Waals surface area contributed by atoms with Gasteiger partial charge in [-0.15, -0.1) is 0 Å². The third-order valence-corrected chi connectivity index (χ3v) is 3.26. The summed E-state index contributed by atoms with van der Waals surface area (Å²) in [5.74, 6) is -1.17. The summed E-state index contributed by atoms with van der Waals surface area (Å²) in [6.07, 6.45) is 0.484. The Morgan fingerprint density at radius 1 is 1.11 bits per heavy atom. The van der Waals surface area contributed by atoms with Crippen LogP contribution in [0.3, 0.4) is 0 Å². The number of rotatable bonds is 2. The molecule has 0 atom stereocenters. The third kappa shape index (κ3) is 2.31. The van der Waals surface area contributed by atoms with Crippen molar-refractivity contribution < 1.29 is 8.78 Å². The second kappa shape index (κ2) is 4.63. The summed E-state index contributed by atoms with van der Waals surface area (Å²) >= 11 is 6.06. The molecule has 2 aromatic carbocycles. The van der Waals surface area contributed by atoms with Crippen LogP contribution in [0.15, 0.2) is 36.4 Å². The lowest BCUT2D eigenvalue weighted by Gasteiger charge is -2.00. The number of hydrogen-bond acceptors (Lipinski definition) is 1. The van der Waals surface area contributed by atoms with Gasteiger partial charge in [-0.25, -0.2) is 13.8 Å². The lowest BCUT2D eigenvalue weighted by Crippen LogP contribution is -1.91. The lowest BCUT2D eigenvalue weighted by atomic mass is 10.1. The number of fused-ring (bicyclic) bond motifs is 1. The molecule has 19 heavy (non-hydrogen) atoms. The van der Waals surface area contributed by atoms with E-state index in [9.17, 15) is 8.78 Å². The number of aromatic amines is 1. The number of aromatic nitrogens is 2. The van der Waals surface area contributed by atoms with Crippen molar-refractivity contribution in [1.82, 2.24) is 9.97 Å². The Bertz CT molecular complexity index is 713. The summed E-state index contributed by atoms with van der Waals surface area (Å²) in [4.78, 5) is 7.19. The van der Waals surface area contributed by atoms with E-state index in [0.29, 0.717) is 28.3 Å². The minimum Gasteiger partial charge on any atom is -0.342 e. The van der Waals surface area contributed by atoms with Gasteiger partial charge in [-0.1, -0.05) is 29.8 Å². The maximum atomic E-state index is 13.1. The van der Waals surface area contributed by atoms with Gasteiger partial charge in [0, 0.05) is 23.6 Å². The Hall–Kier alpha value is -1.94. The molecule has 0 saturated carbocycles. The summed E-state index contributed by atoms with van der Waals surface area (Å²) in [7, 11) is 0. The van der Waals surface area contributed by atoms with Crippen LogP contribution in [0.25, 0.3) is 11.0 Å². The standard InChI is InChI=1S/C14H9ClF2N2/c15-9-4-2-1-3-8(9)5-14-18-12-6-10(16)11(17)7-13(12)19-14/h1-4,6-7H,5H2,(H,18,19). The number of benzene rings is 2. The summed E-state index contributed by atoms with van der Waals surface area (Å²) in [5.41, 5.74) is 1.78. The molecule has 0 aliphatic rings. The molecule has 1 aromatic heterocycles. The molecular formula is C14H9ClF2N2. The van der Waals surface area contributed by atoms with Crippen LogP contribution in [-0.2, 0) is 6.42 Å². The monoisotopic (exact) mass is 278 g/mol. The molecule has 3 aromatic rings. The average molecular weight is 279 g/mol. The van der Waals surface area contributed by atoms with Crippen LogP contribution in [0.2, 0.25) is 5.02 Å². The minimum absolute atomic E-state index is 0.404. The van der Waals surface area contributed by atoms with E-state index in [1.807, 2.05) is 18.2 Å². The highest BCUT2D eigenvalue weighted by atomic mass is 35.5. The Labute approximate surface area is 113 Å². The quantitative estimate of drug-likeness (QED) is 0.751. The van der Waals surface area contributed by atoms with Crippen LogP contribution in [0.5, 0.6) is 0 Å². The predicted octanol–water partition coefficient (Wildman–Crippen LogP) is 4.09. The van der Waals surface area contributed by atoms with Gasteiger partial charge in [0.15, 0.2) is 11.6 Å². The van der Waals surface area contributed by atoms with Gasteiger partial charge in [-0.2, -0.15) is 0 Å². The number of nitrogens with zero attached hydrogens (tertiary/aromatic N) is 1. The molecular weight excluding hydrogens is 270 g/mol. The van der Waals surface area contributed by atoms with E-state index < -0.39 is 11.6 Å². The fraction of sp³-hybridized carbons (Fsp3) is 0.0714. The van der Waals surface area contributed by atoms with Crippen molar-refractivity contribution in [2.24, 2.45) is 0 Å². The third-order valence-electron chi connectivity index (χ3n) is 2.89. The predicted molar refractivity (Wildman–Crippen MR) is 70.3 cm³/mol. The minimum atomic E-state index is -0.900. The molecule has 0 aliphatic heterocycles. The molecule has 0 saturated heterocycles. The SMILES string of the molecule is Fc1cc2nc(Cc3ccccc3Cl)[nH]c2cc1F. The van der Waals surface area contributed by atoms with E-state index >= 15 is 0 Å². The normalized spacial score (nSPS) is 11.1. The summed E-state index contributed by atoms with van der Waals surface area (Å²) in [6, 6.07) is 9.58. The smallest absolute Gasteiger partial charge is 0.161 e. The highest BCUT2D eigenvalue weighted by Gasteiger charge is 2.10. The van der Waals surface area contributed by atoms with E-state index in [0.717, 1.165) is 17.7 Å². The fourth-order valence-corrected chi connectivity index (χ4v) is 2.17. The first-order valence-corrected chi connectivity index (χ1v) is 6.08. The molecule has 1 N–H and O–H groups in total. The summed E-state index contributed by atoms with van der Waals surface area (Å²) in [6.45, 7) is 0. The first kappa shape index (κ1) is 12.1. The molecule has 0 radical (unpaired) electrons. The Balaban J connectivity index is 2.00. The Kier molecular flexibility index (Phi) is 2.95. The van der Waals surface area contributed by atoms with E-state index in [1.165, 1.54) is 0 Å². The maximum absolute atomic E-state index is 13.1. The Morgan fingerprint density at radius 2 is 1.84 bits per heavy atom. The van der Waals surface area contributed by atoms with Gasteiger partial charge in [0.1, 0.15) is 5.82 Å². The first-order chi connectivity index (χ1) is 9.13. The number of halogens is 3. The van der Waals surface area contributed by atoms with Gasteiger partial charge < -0.3 is 4.98 Å². The molecule has 0 spiro atoms. The van der Waals surface area contributed by atoms with Gasteiger partial charge >= 0.3 is 0 Å². The van der Waals surface area contributed by atoms with Gasteiger partial charge in [0.25, 0.3) is 0 Å². The number of H-pyrrole nitrogens is 1. The van der Waals surface area contributed by atoms with Crippen LogP contribution in [0.1, 0.15) is 11.4 Å². The Morgan fingerprint density at radius 3 is 2.63 bits per heavy atom. The molecule has 2 nitrogen and oxygen atoms in total. The van der Waals surface area contributed by atoms with Crippen molar-refractivity contribution >= 4 is 22.6 Å². The van der Waals surface area contributed by atoms with Crippen LogP contribution in [-0.4, -0.2) is 9.97 Å². The van der Waals surface area contributed by atoms with E-state index in [2.05, 4.69) is 9.97 Å². The molecule has 0 fully saturated rings. The topological polar surface area (TPSA) is 28.7 Å². The molecule has 5 heteroatoms. The maximum Gasteiger partial charge on any atom is 0.161 e. The van der Waals surface area contributed by atoms with Crippen molar-refractivity contribution in [3.05, 3.63) is 64.4 Å². The number of imidazole rings is 1. The molecule has 1 heterocycles. The number of nitrogens with one attached hydrogen (secondary N) is 1. The zero-order chi connectivity index (χ0) is 13.4. The van der Waals surface area contributed by atoms with Crippen LogP contribution in [0, 0.1) is 11.6 Å². The highest BCUT2D eigenvalue weighted by molar-refractivity contribution is 6.31. The molecule has 0 bridgehead atoms. The van der Waals surface area contributed by atoms with Gasteiger partial charge in [0.05, 0.1) is 11.0 Å². The highest BCUT2D eigenvalue weighted by Crippen LogP contribution is 2.21. The average Bonchev–Trinajstić information content (AvgIpc) is 2.74. The lowest BCUT2D eigenvalue weighted by molar-refractivity contribution is 0.510. The molecule has 96 valence electrons. The van der Waals surface area contributed by atoms with Crippen LogP contribution < -0.4 is 0 Å². The van der Waals surface area contributed by atoms with Gasteiger partial charge in [-0.3, -0.25) is 0 Å². The van der Waals surface area contributed by atoms with Gasteiger partial charge in [-0.05, 0) is 11.6 Å². The van der Waals surface area contributed by atoms with Crippen molar-refractivity contribution in [1.29, 1.82) is 0 Å². The summed E-state index contributed by atoms with van der Waals surface area (Å²) < 4.78 is 26.2. The second-order valence-corrected chi connectivity index (χ2v) is 4.64. The first-order valence-electron chi connectivity index (χ1n) is 5.70. The number of hydrogen-bond donors (Lipinski definition) is 1. The van der Waals surface area contributed by atoms with E-state index in [1.54, 1.807) is 6.07 Å². The van der Waals surface area contributed by atoms with E-state index in [-0.39, 0.29) is 0 Å². The zero-order valence-corrected chi connectivity index (χ0v) is 10.5. The van der Waals surface area contributed by atoms with Crippen molar-refractivity contribution in [2.45, 2.75) is 6.42 Å².